The normalized spacial score (nSPS) is 26.0. The molecule has 1 aromatic heterocycles. The van der Waals surface area contributed by atoms with Crippen molar-refractivity contribution in [3.05, 3.63) is 22.4 Å². The first-order valence-electron chi connectivity index (χ1n) is 5.16. The van der Waals surface area contributed by atoms with E-state index >= 15 is 0 Å². The number of thiophene rings is 1. The Hall–Kier alpha value is -0.870. The molecule has 1 fully saturated rings. The Balaban J connectivity index is 1.76. The van der Waals surface area contributed by atoms with E-state index in [4.69, 9.17) is 0 Å². The van der Waals surface area contributed by atoms with Gasteiger partial charge in [0, 0.05) is 12.5 Å². The van der Waals surface area contributed by atoms with Crippen LogP contribution in [0, 0.1) is 11.8 Å². The lowest BCUT2D eigenvalue weighted by atomic mass is 10.2. The Morgan fingerprint density at radius 1 is 1.80 bits per heavy atom. The molecular weight excluding hydrogens is 210 g/mol. The van der Waals surface area contributed by atoms with Gasteiger partial charge in [0.25, 0.3) is 0 Å². The highest BCUT2D eigenvalue weighted by Gasteiger charge is 2.38. The maximum atomic E-state index is 11.5. The molecule has 0 spiro atoms. The van der Waals surface area contributed by atoms with Crippen LogP contribution in [0.4, 0.5) is 0 Å². The second-order valence-corrected chi connectivity index (χ2v) is 4.92. The first kappa shape index (κ1) is 10.6. The first-order valence-corrected chi connectivity index (χ1v) is 6.10. The number of hydrogen-bond acceptors (Lipinski definition) is 3. The Morgan fingerprint density at radius 3 is 3.07 bits per heavy atom. The van der Waals surface area contributed by atoms with Crippen LogP contribution >= 0.6 is 11.3 Å². The molecule has 0 radical (unpaired) electrons. The topological polar surface area (TPSA) is 49.3 Å². The van der Waals surface area contributed by atoms with Crippen molar-refractivity contribution in [1.82, 2.24) is 5.32 Å². The van der Waals surface area contributed by atoms with Gasteiger partial charge in [-0.15, -0.1) is 0 Å². The zero-order valence-corrected chi connectivity index (χ0v) is 9.46. The molecule has 3 unspecified atom stereocenters. The summed E-state index contributed by atoms with van der Waals surface area (Å²) in [7, 11) is 0. The standard InChI is InChI=1S/C11H15NO2S/c1-7-4-9(7)11(14)12-5-10(13)8-2-3-15-6-8/h2-3,6-7,9-10,13H,4-5H2,1H3,(H,12,14). The summed E-state index contributed by atoms with van der Waals surface area (Å²) in [5.74, 6) is 0.778. The maximum absolute atomic E-state index is 11.5. The van der Waals surface area contributed by atoms with Gasteiger partial charge >= 0.3 is 0 Å². The van der Waals surface area contributed by atoms with Crippen molar-refractivity contribution in [1.29, 1.82) is 0 Å². The Bertz CT molecular complexity index is 336. The summed E-state index contributed by atoms with van der Waals surface area (Å²) in [6.07, 6.45) is 0.412. The number of aliphatic hydroxyl groups excluding tert-OH is 1. The fourth-order valence-corrected chi connectivity index (χ4v) is 2.31. The molecule has 15 heavy (non-hydrogen) atoms. The molecule has 1 saturated carbocycles. The first-order chi connectivity index (χ1) is 7.18. The fourth-order valence-electron chi connectivity index (χ4n) is 1.60. The lowest BCUT2D eigenvalue weighted by molar-refractivity contribution is -0.123. The molecular formula is C11H15NO2S. The van der Waals surface area contributed by atoms with Crippen LogP contribution in [0.5, 0.6) is 0 Å². The van der Waals surface area contributed by atoms with Gasteiger partial charge in [-0.05, 0) is 34.7 Å². The summed E-state index contributed by atoms with van der Waals surface area (Å²) in [6.45, 7) is 2.39. The molecule has 0 aromatic carbocycles. The number of rotatable bonds is 4. The van der Waals surface area contributed by atoms with Gasteiger partial charge in [0.05, 0.1) is 6.10 Å². The van der Waals surface area contributed by atoms with Crippen molar-refractivity contribution in [2.75, 3.05) is 6.54 Å². The third-order valence-corrected chi connectivity index (χ3v) is 3.55. The van der Waals surface area contributed by atoms with Gasteiger partial charge in [0.15, 0.2) is 0 Å². The maximum Gasteiger partial charge on any atom is 0.223 e. The van der Waals surface area contributed by atoms with Crippen LogP contribution in [0.15, 0.2) is 16.8 Å². The highest BCUT2D eigenvalue weighted by Crippen LogP contribution is 2.37. The molecule has 0 bridgehead atoms. The molecule has 1 amide bonds. The second kappa shape index (κ2) is 4.33. The van der Waals surface area contributed by atoms with E-state index in [1.165, 1.54) is 0 Å². The van der Waals surface area contributed by atoms with Crippen molar-refractivity contribution in [3.63, 3.8) is 0 Å². The average Bonchev–Trinajstić information content (AvgIpc) is 2.75. The minimum absolute atomic E-state index is 0.0804. The molecule has 1 aromatic rings. The summed E-state index contributed by atoms with van der Waals surface area (Å²) >= 11 is 1.55. The van der Waals surface area contributed by atoms with Gasteiger partial charge in [-0.1, -0.05) is 6.92 Å². The molecule has 1 heterocycles. The van der Waals surface area contributed by atoms with E-state index in [1.54, 1.807) is 11.3 Å². The smallest absolute Gasteiger partial charge is 0.223 e. The summed E-state index contributed by atoms with van der Waals surface area (Å²) in [5, 5.41) is 16.3. The third-order valence-electron chi connectivity index (χ3n) is 2.84. The van der Waals surface area contributed by atoms with Crippen LogP contribution in [0.1, 0.15) is 25.0 Å². The van der Waals surface area contributed by atoms with Gasteiger partial charge in [-0.3, -0.25) is 4.79 Å². The molecule has 1 aliphatic carbocycles. The highest BCUT2D eigenvalue weighted by molar-refractivity contribution is 7.07. The zero-order valence-electron chi connectivity index (χ0n) is 8.64. The zero-order chi connectivity index (χ0) is 10.8. The molecule has 82 valence electrons. The molecule has 0 saturated heterocycles. The fraction of sp³-hybridized carbons (Fsp3) is 0.545. The van der Waals surface area contributed by atoms with Crippen LogP contribution in [0.25, 0.3) is 0 Å². The number of nitrogens with one attached hydrogen (secondary N) is 1. The lowest BCUT2D eigenvalue weighted by Crippen LogP contribution is -2.29. The van der Waals surface area contributed by atoms with E-state index in [9.17, 15) is 9.90 Å². The number of amides is 1. The summed E-state index contributed by atoms with van der Waals surface area (Å²) < 4.78 is 0. The van der Waals surface area contributed by atoms with Crippen molar-refractivity contribution in [2.45, 2.75) is 19.4 Å². The number of aliphatic hydroxyl groups is 1. The van der Waals surface area contributed by atoms with E-state index in [-0.39, 0.29) is 11.8 Å². The summed E-state index contributed by atoms with van der Waals surface area (Å²) in [6, 6.07) is 1.88. The minimum atomic E-state index is -0.575. The van der Waals surface area contributed by atoms with E-state index in [2.05, 4.69) is 12.2 Å². The van der Waals surface area contributed by atoms with E-state index in [0.717, 1.165) is 12.0 Å². The minimum Gasteiger partial charge on any atom is -0.387 e. The monoisotopic (exact) mass is 225 g/mol. The predicted molar refractivity (Wildman–Crippen MR) is 59.6 cm³/mol. The van der Waals surface area contributed by atoms with Gasteiger partial charge in [0.2, 0.25) is 5.91 Å². The quantitative estimate of drug-likeness (QED) is 0.817. The van der Waals surface area contributed by atoms with Crippen LogP contribution in [-0.4, -0.2) is 17.6 Å². The summed E-state index contributed by atoms with van der Waals surface area (Å²) in [5.41, 5.74) is 0.879. The molecule has 2 rings (SSSR count). The van der Waals surface area contributed by atoms with Crippen molar-refractivity contribution in [3.8, 4) is 0 Å². The van der Waals surface area contributed by atoms with Gasteiger partial charge in [0.1, 0.15) is 0 Å². The second-order valence-electron chi connectivity index (χ2n) is 4.14. The molecule has 4 heteroatoms. The van der Waals surface area contributed by atoms with Gasteiger partial charge in [-0.25, -0.2) is 0 Å². The third kappa shape index (κ3) is 2.58. The van der Waals surface area contributed by atoms with Crippen LogP contribution in [0.2, 0.25) is 0 Å². The van der Waals surface area contributed by atoms with Crippen molar-refractivity contribution in [2.24, 2.45) is 11.8 Å². The van der Waals surface area contributed by atoms with Crippen molar-refractivity contribution < 1.29 is 9.90 Å². The van der Waals surface area contributed by atoms with E-state index in [1.807, 2.05) is 16.8 Å². The predicted octanol–water partition coefficient (Wildman–Crippen LogP) is 1.55. The molecule has 0 aliphatic heterocycles. The molecule has 2 N–H and O–H groups in total. The van der Waals surface area contributed by atoms with Crippen LogP contribution in [-0.2, 0) is 4.79 Å². The Kier molecular flexibility index (Phi) is 3.07. The average molecular weight is 225 g/mol. The number of hydrogen-bond donors (Lipinski definition) is 2. The van der Waals surface area contributed by atoms with Crippen LogP contribution < -0.4 is 5.32 Å². The number of carbonyl (C=O) groups is 1. The molecule has 1 aliphatic rings. The Morgan fingerprint density at radius 2 is 2.53 bits per heavy atom. The van der Waals surface area contributed by atoms with Crippen molar-refractivity contribution >= 4 is 17.2 Å². The van der Waals surface area contributed by atoms with Gasteiger partial charge < -0.3 is 10.4 Å². The van der Waals surface area contributed by atoms with E-state index < -0.39 is 6.10 Å². The Labute approximate surface area is 93.1 Å². The molecule has 3 atom stereocenters. The molecule has 3 nitrogen and oxygen atoms in total. The van der Waals surface area contributed by atoms with E-state index in [0.29, 0.717) is 12.5 Å². The van der Waals surface area contributed by atoms with Gasteiger partial charge in [-0.2, -0.15) is 11.3 Å². The lowest BCUT2D eigenvalue weighted by Gasteiger charge is -2.10. The number of carbonyl (C=O) groups excluding carboxylic acids is 1. The van der Waals surface area contributed by atoms with Crippen LogP contribution in [0.3, 0.4) is 0 Å². The summed E-state index contributed by atoms with van der Waals surface area (Å²) in [4.78, 5) is 11.5. The largest absolute Gasteiger partial charge is 0.387 e. The highest BCUT2D eigenvalue weighted by atomic mass is 32.1. The SMILES string of the molecule is CC1CC1C(=O)NCC(O)c1ccsc1.